The minimum Gasteiger partial charge on any atom is -0.388 e. The molecule has 3 N–H and O–H groups in total. The Balaban J connectivity index is 1.81. The molecule has 18 heavy (non-hydrogen) atoms. The molecule has 1 amide bonds. The van der Waals surface area contributed by atoms with Crippen LogP contribution in [0, 0.1) is 5.92 Å². The number of amides is 1. The average molecular weight is 253 g/mol. The molecule has 7 heteroatoms. The van der Waals surface area contributed by atoms with Gasteiger partial charge in [0.2, 0.25) is 0 Å². The van der Waals surface area contributed by atoms with Crippen molar-refractivity contribution in [2.45, 2.75) is 44.6 Å². The number of aromatic nitrogens is 4. The van der Waals surface area contributed by atoms with Crippen LogP contribution in [0.15, 0.2) is 0 Å². The van der Waals surface area contributed by atoms with Crippen molar-refractivity contribution < 1.29 is 9.90 Å². The Morgan fingerprint density at radius 3 is 2.83 bits per heavy atom. The highest BCUT2D eigenvalue weighted by Crippen LogP contribution is 2.33. The number of carbonyl (C=O) groups is 1. The number of H-pyrrole nitrogens is 1. The summed E-state index contributed by atoms with van der Waals surface area (Å²) < 4.78 is 0. The molecule has 1 aromatic heterocycles. The van der Waals surface area contributed by atoms with Crippen molar-refractivity contribution in [2.24, 2.45) is 5.92 Å². The Labute approximate surface area is 105 Å². The Bertz CT molecular complexity index is 384. The fourth-order valence-corrected chi connectivity index (χ4v) is 2.38. The predicted octanol–water partition coefficient (Wildman–Crippen LogP) is 0.261. The summed E-state index contributed by atoms with van der Waals surface area (Å²) in [5, 5.41) is 25.7. The summed E-state index contributed by atoms with van der Waals surface area (Å²) in [6.07, 6.45) is 4.66. The molecule has 0 radical (unpaired) electrons. The molecule has 1 heterocycles. The van der Waals surface area contributed by atoms with Crippen molar-refractivity contribution in [3.8, 4) is 0 Å². The third-order valence-electron chi connectivity index (χ3n) is 3.74. The lowest BCUT2D eigenvalue weighted by Crippen LogP contribution is -2.45. The Morgan fingerprint density at radius 2 is 2.28 bits per heavy atom. The van der Waals surface area contributed by atoms with Crippen LogP contribution in [0.3, 0.4) is 0 Å². The molecule has 0 bridgehead atoms. The number of nitrogens with zero attached hydrogens (tertiary/aromatic N) is 3. The van der Waals surface area contributed by atoms with Crippen molar-refractivity contribution >= 4 is 5.91 Å². The largest absolute Gasteiger partial charge is 0.388 e. The van der Waals surface area contributed by atoms with Gasteiger partial charge in [-0.2, -0.15) is 5.21 Å². The fraction of sp³-hybridized carbons (Fsp3) is 0.818. The first-order valence-corrected chi connectivity index (χ1v) is 6.37. The van der Waals surface area contributed by atoms with Crippen molar-refractivity contribution in [3.05, 3.63) is 5.82 Å². The zero-order valence-corrected chi connectivity index (χ0v) is 10.5. The number of rotatable bonds is 4. The van der Waals surface area contributed by atoms with Crippen LogP contribution in [0.4, 0.5) is 0 Å². The molecule has 0 atom stereocenters. The van der Waals surface area contributed by atoms with Gasteiger partial charge in [-0.25, -0.2) is 0 Å². The van der Waals surface area contributed by atoms with Gasteiger partial charge in [-0.3, -0.25) is 4.79 Å². The zero-order valence-electron chi connectivity index (χ0n) is 10.5. The van der Waals surface area contributed by atoms with E-state index in [1.54, 1.807) is 0 Å². The average Bonchev–Trinajstić information content (AvgIpc) is 2.91. The first-order valence-electron chi connectivity index (χ1n) is 6.37. The third-order valence-corrected chi connectivity index (χ3v) is 3.74. The van der Waals surface area contributed by atoms with E-state index in [0.717, 1.165) is 32.1 Å². The summed E-state index contributed by atoms with van der Waals surface area (Å²) in [6, 6.07) is 0. The lowest BCUT2D eigenvalue weighted by molar-refractivity contribution is -0.00794. The van der Waals surface area contributed by atoms with Crippen molar-refractivity contribution in [3.63, 3.8) is 0 Å². The number of tetrazole rings is 1. The zero-order chi connectivity index (χ0) is 13.0. The maximum atomic E-state index is 11.6. The standard InChI is InChI=1S/C11H19N5O2/c1-2-8-3-5-11(18,6-4-8)7-12-10(17)9-13-15-16-14-9/h8,18H,2-7H2,1H3,(H,12,17)(H,13,14,15,16). The topological polar surface area (TPSA) is 104 Å². The molecule has 1 aliphatic carbocycles. The van der Waals surface area contributed by atoms with Crippen LogP contribution in [0.2, 0.25) is 0 Å². The lowest BCUT2D eigenvalue weighted by Gasteiger charge is -2.35. The Kier molecular flexibility index (Phi) is 3.90. The van der Waals surface area contributed by atoms with E-state index in [1.165, 1.54) is 0 Å². The number of hydrogen-bond donors (Lipinski definition) is 3. The third kappa shape index (κ3) is 3.04. The Hall–Kier alpha value is -1.50. The number of nitrogens with one attached hydrogen (secondary N) is 2. The molecule has 0 spiro atoms. The SMILES string of the molecule is CCC1CCC(O)(CNC(=O)c2nn[nH]n2)CC1. The molecule has 0 unspecified atom stereocenters. The van der Waals surface area contributed by atoms with Crippen LogP contribution in [0.5, 0.6) is 0 Å². The molecule has 7 nitrogen and oxygen atoms in total. The van der Waals surface area contributed by atoms with Gasteiger partial charge in [0.1, 0.15) is 0 Å². The normalized spacial score (nSPS) is 28.0. The van der Waals surface area contributed by atoms with Gasteiger partial charge in [0.05, 0.1) is 5.60 Å². The van der Waals surface area contributed by atoms with E-state index in [9.17, 15) is 9.90 Å². The maximum Gasteiger partial charge on any atom is 0.292 e. The van der Waals surface area contributed by atoms with Gasteiger partial charge < -0.3 is 10.4 Å². The summed E-state index contributed by atoms with van der Waals surface area (Å²) in [5.74, 6) is 0.300. The molecule has 0 aromatic carbocycles. The summed E-state index contributed by atoms with van der Waals surface area (Å²) >= 11 is 0. The van der Waals surface area contributed by atoms with E-state index < -0.39 is 11.5 Å². The van der Waals surface area contributed by atoms with Gasteiger partial charge in [-0.1, -0.05) is 13.3 Å². The molecule has 2 rings (SSSR count). The molecule has 100 valence electrons. The van der Waals surface area contributed by atoms with Gasteiger partial charge in [0.25, 0.3) is 11.7 Å². The van der Waals surface area contributed by atoms with Crippen LogP contribution < -0.4 is 5.32 Å². The number of hydrogen-bond acceptors (Lipinski definition) is 5. The van der Waals surface area contributed by atoms with Crippen molar-refractivity contribution in [2.75, 3.05) is 6.54 Å². The maximum absolute atomic E-state index is 11.6. The van der Waals surface area contributed by atoms with Crippen molar-refractivity contribution in [1.82, 2.24) is 25.9 Å². The number of carbonyl (C=O) groups excluding carboxylic acids is 1. The van der Waals surface area contributed by atoms with Crippen LogP contribution in [-0.4, -0.2) is 43.8 Å². The second-order valence-electron chi connectivity index (χ2n) is 4.99. The Morgan fingerprint density at radius 1 is 1.56 bits per heavy atom. The fourth-order valence-electron chi connectivity index (χ4n) is 2.38. The quantitative estimate of drug-likeness (QED) is 0.714. The second kappa shape index (κ2) is 5.43. The van der Waals surface area contributed by atoms with E-state index in [2.05, 4.69) is 32.9 Å². The summed E-state index contributed by atoms with van der Waals surface area (Å²) in [4.78, 5) is 11.6. The highest BCUT2D eigenvalue weighted by molar-refractivity contribution is 5.90. The molecule has 1 saturated carbocycles. The predicted molar refractivity (Wildman–Crippen MR) is 63.7 cm³/mol. The van der Waals surface area contributed by atoms with E-state index in [0.29, 0.717) is 5.92 Å². The van der Waals surface area contributed by atoms with Gasteiger partial charge in [0.15, 0.2) is 0 Å². The summed E-state index contributed by atoms with van der Waals surface area (Å²) in [5.41, 5.74) is -0.787. The van der Waals surface area contributed by atoms with Crippen LogP contribution in [-0.2, 0) is 0 Å². The minimum absolute atomic E-state index is 0.000782. The summed E-state index contributed by atoms with van der Waals surface area (Å²) in [7, 11) is 0. The molecular formula is C11H19N5O2. The minimum atomic E-state index is -0.787. The highest BCUT2D eigenvalue weighted by Gasteiger charge is 2.33. The van der Waals surface area contributed by atoms with E-state index >= 15 is 0 Å². The van der Waals surface area contributed by atoms with E-state index in [1.807, 2.05) is 0 Å². The van der Waals surface area contributed by atoms with E-state index in [-0.39, 0.29) is 12.4 Å². The number of aliphatic hydroxyl groups is 1. The van der Waals surface area contributed by atoms with Gasteiger partial charge in [0, 0.05) is 6.54 Å². The van der Waals surface area contributed by atoms with E-state index in [4.69, 9.17) is 0 Å². The number of aromatic amines is 1. The second-order valence-corrected chi connectivity index (χ2v) is 4.99. The first-order chi connectivity index (χ1) is 8.63. The van der Waals surface area contributed by atoms with Gasteiger partial charge >= 0.3 is 0 Å². The lowest BCUT2D eigenvalue weighted by atomic mass is 9.78. The monoisotopic (exact) mass is 253 g/mol. The van der Waals surface area contributed by atoms with Crippen LogP contribution >= 0.6 is 0 Å². The summed E-state index contributed by atoms with van der Waals surface area (Å²) in [6.45, 7) is 2.42. The van der Waals surface area contributed by atoms with Gasteiger partial charge in [-0.15, -0.1) is 10.2 Å². The molecule has 1 aromatic rings. The first kappa shape index (κ1) is 12.9. The van der Waals surface area contributed by atoms with Crippen LogP contribution in [0.1, 0.15) is 49.6 Å². The molecule has 0 aliphatic heterocycles. The molecule has 0 saturated heterocycles. The smallest absolute Gasteiger partial charge is 0.292 e. The van der Waals surface area contributed by atoms with Gasteiger partial charge in [-0.05, 0) is 36.8 Å². The van der Waals surface area contributed by atoms with Crippen LogP contribution in [0.25, 0.3) is 0 Å². The highest BCUT2D eigenvalue weighted by atomic mass is 16.3. The molecule has 1 fully saturated rings. The van der Waals surface area contributed by atoms with Crippen molar-refractivity contribution in [1.29, 1.82) is 0 Å². The molecular weight excluding hydrogens is 234 g/mol. The molecule has 1 aliphatic rings.